The Hall–Kier alpha value is -2.53. The molecule has 3 N–H and O–H groups in total. The lowest BCUT2D eigenvalue weighted by Gasteiger charge is -2.25. The second-order valence-corrected chi connectivity index (χ2v) is 10.6. The minimum absolute atomic E-state index is 0.0288. The third-order valence-electron chi connectivity index (χ3n) is 6.00. The summed E-state index contributed by atoms with van der Waals surface area (Å²) < 4.78 is 6.00. The van der Waals surface area contributed by atoms with Crippen molar-refractivity contribution in [3.05, 3.63) is 53.1 Å². The molecule has 34 heavy (non-hydrogen) atoms. The molecule has 0 heterocycles. The summed E-state index contributed by atoms with van der Waals surface area (Å²) in [7, 11) is 0. The van der Waals surface area contributed by atoms with Crippen LogP contribution in [0.4, 0.5) is 5.69 Å². The molecule has 0 radical (unpaired) electrons. The van der Waals surface area contributed by atoms with Crippen molar-refractivity contribution < 1.29 is 19.7 Å². The van der Waals surface area contributed by atoms with E-state index in [1.165, 1.54) is 0 Å². The fourth-order valence-corrected chi connectivity index (χ4v) is 4.23. The van der Waals surface area contributed by atoms with E-state index < -0.39 is 6.10 Å². The van der Waals surface area contributed by atoms with Gasteiger partial charge in [0.2, 0.25) is 5.91 Å². The summed E-state index contributed by atoms with van der Waals surface area (Å²) in [5.74, 6) is 0.689. The van der Waals surface area contributed by atoms with Crippen LogP contribution in [-0.2, 0) is 10.2 Å². The van der Waals surface area contributed by atoms with E-state index in [0.717, 1.165) is 48.1 Å². The van der Waals surface area contributed by atoms with Gasteiger partial charge in [-0.25, -0.2) is 0 Å². The summed E-state index contributed by atoms with van der Waals surface area (Å²) in [5.41, 5.74) is 3.34. The van der Waals surface area contributed by atoms with Crippen LogP contribution in [-0.4, -0.2) is 22.2 Å². The molecule has 0 spiro atoms. The number of nitrogens with one attached hydrogen (secondary N) is 1. The van der Waals surface area contributed by atoms with Crippen LogP contribution in [0.2, 0.25) is 0 Å². The fourth-order valence-electron chi connectivity index (χ4n) is 4.23. The Bertz CT molecular complexity index is 944. The van der Waals surface area contributed by atoms with E-state index >= 15 is 0 Å². The van der Waals surface area contributed by atoms with Crippen LogP contribution >= 0.6 is 0 Å². The van der Waals surface area contributed by atoms with E-state index in [0.29, 0.717) is 12.2 Å². The van der Waals surface area contributed by atoms with Crippen LogP contribution in [0.5, 0.6) is 11.5 Å². The number of hydrogen-bond donors (Lipinski definition) is 3. The Morgan fingerprint density at radius 1 is 1.06 bits per heavy atom. The molecule has 1 amide bonds. The first kappa shape index (κ1) is 27.7. The molecule has 0 fully saturated rings. The number of hydrogen-bond acceptors (Lipinski definition) is 4. The number of amides is 1. The van der Waals surface area contributed by atoms with Crippen molar-refractivity contribution in [2.75, 3.05) is 5.32 Å². The maximum Gasteiger partial charge on any atom is 0.224 e. The molecular formula is C29H43NO4. The first-order valence-corrected chi connectivity index (χ1v) is 12.5. The number of phenolic OH excluding ortho intramolecular Hbond substituents is 1. The molecule has 0 saturated carbocycles. The van der Waals surface area contributed by atoms with Crippen LogP contribution in [0, 0.1) is 0 Å². The molecule has 2 atom stereocenters. The van der Waals surface area contributed by atoms with Gasteiger partial charge >= 0.3 is 0 Å². The molecule has 0 aromatic heterocycles. The van der Waals surface area contributed by atoms with Gasteiger partial charge in [-0.2, -0.15) is 0 Å². The Morgan fingerprint density at radius 2 is 1.76 bits per heavy atom. The number of carbonyl (C=O) groups excluding carboxylic acids is 1. The third-order valence-corrected chi connectivity index (χ3v) is 6.00. The fraction of sp³-hybridized carbons (Fsp3) is 0.552. The average molecular weight is 470 g/mol. The van der Waals surface area contributed by atoms with Crippen molar-refractivity contribution in [3.63, 3.8) is 0 Å². The van der Waals surface area contributed by atoms with Gasteiger partial charge in [-0.1, -0.05) is 65.2 Å². The number of ether oxygens (including phenoxy) is 1. The number of aliphatic hydroxyl groups is 1. The average Bonchev–Trinajstić information content (AvgIpc) is 2.72. The van der Waals surface area contributed by atoms with Crippen molar-refractivity contribution >= 4 is 11.6 Å². The van der Waals surface area contributed by atoms with Crippen LogP contribution in [0.1, 0.15) is 109 Å². The van der Waals surface area contributed by atoms with Gasteiger partial charge in [-0.3, -0.25) is 4.79 Å². The lowest BCUT2D eigenvalue weighted by atomic mass is 9.84. The van der Waals surface area contributed by atoms with E-state index in [2.05, 4.69) is 33.0 Å². The number of aliphatic hydroxyl groups excluding tert-OH is 1. The molecule has 0 aliphatic heterocycles. The number of rotatable bonds is 11. The Labute approximate surface area is 205 Å². The molecule has 2 unspecified atom stereocenters. The van der Waals surface area contributed by atoms with Gasteiger partial charge in [-0.05, 0) is 67.3 Å². The van der Waals surface area contributed by atoms with Crippen molar-refractivity contribution in [2.24, 2.45) is 0 Å². The molecule has 5 heteroatoms. The normalized spacial score (nSPS) is 13.6. The van der Waals surface area contributed by atoms with Crippen molar-refractivity contribution in [1.82, 2.24) is 0 Å². The largest absolute Gasteiger partial charge is 0.508 e. The summed E-state index contributed by atoms with van der Waals surface area (Å²) in [5, 5.41) is 23.2. The number of carbonyl (C=O) groups is 1. The van der Waals surface area contributed by atoms with Gasteiger partial charge in [-0.15, -0.1) is 0 Å². The Kier molecular flexibility index (Phi) is 9.99. The minimum Gasteiger partial charge on any atom is -0.508 e. The molecule has 0 bridgehead atoms. The molecule has 0 saturated heterocycles. The van der Waals surface area contributed by atoms with Crippen LogP contribution in [0.15, 0.2) is 36.4 Å². The number of aromatic hydroxyl groups is 1. The van der Waals surface area contributed by atoms with Crippen molar-refractivity contribution in [2.45, 2.75) is 104 Å². The quantitative estimate of drug-likeness (QED) is 0.303. The predicted molar refractivity (Wildman–Crippen MR) is 140 cm³/mol. The predicted octanol–water partition coefficient (Wildman–Crippen LogP) is 7.22. The standard InChI is InChI=1S/C29H43NO4/c1-8-9-10-11-22(24-14-13-23(32)18-27(24)34-19(2)3)17-28(33)30-26-16-21(20(4)31)12-15-25(26)29(5,6)7/h12-16,18-20,22,31-32H,8-11,17H2,1-7H3,(H,30,33). The maximum absolute atomic E-state index is 13.3. The Morgan fingerprint density at radius 3 is 2.35 bits per heavy atom. The number of phenols is 1. The van der Waals surface area contributed by atoms with Crippen molar-refractivity contribution in [1.29, 1.82) is 0 Å². The maximum atomic E-state index is 13.3. The van der Waals surface area contributed by atoms with E-state index in [-0.39, 0.29) is 29.1 Å². The molecule has 0 aliphatic rings. The molecule has 0 aliphatic carbocycles. The van der Waals surface area contributed by atoms with Crippen LogP contribution in [0.3, 0.4) is 0 Å². The zero-order valence-electron chi connectivity index (χ0n) is 21.9. The highest BCUT2D eigenvalue weighted by atomic mass is 16.5. The van der Waals surface area contributed by atoms with Gasteiger partial charge in [0.1, 0.15) is 11.5 Å². The van der Waals surface area contributed by atoms with E-state index in [9.17, 15) is 15.0 Å². The molecule has 188 valence electrons. The van der Waals surface area contributed by atoms with Gasteiger partial charge in [0.15, 0.2) is 0 Å². The molecule has 2 rings (SSSR count). The van der Waals surface area contributed by atoms with Gasteiger partial charge in [0, 0.05) is 18.2 Å². The highest BCUT2D eigenvalue weighted by molar-refractivity contribution is 5.92. The first-order valence-electron chi connectivity index (χ1n) is 12.5. The lowest BCUT2D eigenvalue weighted by Crippen LogP contribution is -2.21. The van der Waals surface area contributed by atoms with E-state index in [1.54, 1.807) is 19.1 Å². The number of benzene rings is 2. The molecule has 2 aromatic rings. The van der Waals surface area contributed by atoms with Gasteiger partial charge < -0.3 is 20.3 Å². The zero-order valence-corrected chi connectivity index (χ0v) is 21.9. The SMILES string of the molecule is CCCCCC(CC(=O)Nc1cc(C(C)O)ccc1C(C)(C)C)c1ccc(O)cc1OC(C)C. The molecular weight excluding hydrogens is 426 g/mol. The smallest absolute Gasteiger partial charge is 0.224 e. The lowest BCUT2D eigenvalue weighted by molar-refractivity contribution is -0.116. The molecule has 2 aromatic carbocycles. The molecule has 5 nitrogen and oxygen atoms in total. The summed E-state index contributed by atoms with van der Waals surface area (Å²) in [4.78, 5) is 13.3. The topological polar surface area (TPSA) is 78.8 Å². The third kappa shape index (κ3) is 8.05. The van der Waals surface area contributed by atoms with Crippen LogP contribution in [0.25, 0.3) is 0 Å². The second-order valence-electron chi connectivity index (χ2n) is 10.6. The zero-order chi connectivity index (χ0) is 25.5. The minimum atomic E-state index is -0.612. The highest BCUT2D eigenvalue weighted by Gasteiger charge is 2.24. The summed E-state index contributed by atoms with van der Waals surface area (Å²) in [6.45, 7) is 14.1. The van der Waals surface area contributed by atoms with E-state index in [4.69, 9.17) is 4.74 Å². The van der Waals surface area contributed by atoms with Crippen LogP contribution < -0.4 is 10.1 Å². The number of anilines is 1. The van der Waals surface area contributed by atoms with Crippen molar-refractivity contribution in [3.8, 4) is 11.5 Å². The summed E-state index contributed by atoms with van der Waals surface area (Å²) in [6.07, 6.45) is 3.74. The highest BCUT2D eigenvalue weighted by Crippen LogP contribution is 2.37. The summed E-state index contributed by atoms with van der Waals surface area (Å²) >= 11 is 0. The summed E-state index contributed by atoms with van der Waals surface area (Å²) in [6, 6.07) is 11.0. The van der Waals surface area contributed by atoms with Gasteiger partial charge in [0.05, 0.1) is 12.2 Å². The monoisotopic (exact) mass is 469 g/mol. The number of unbranched alkanes of at least 4 members (excludes halogenated alkanes) is 2. The van der Waals surface area contributed by atoms with E-state index in [1.807, 2.05) is 38.1 Å². The second kappa shape index (κ2) is 12.3. The first-order chi connectivity index (χ1) is 15.9. The van der Waals surface area contributed by atoms with Gasteiger partial charge in [0.25, 0.3) is 0 Å². The Balaban J connectivity index is 2.35.